The van der Waals surface area contributed by atoms with Crippen LogP contribution in [0, 0.1) is 6.92 Å². The van der Waals surface area contributed by atoms with Crippen molar-refractivity contribution in [1.29, 1.82) is 0 Å². The molecule has 0 fully saturated rings. The van der Waals surface area contributed by atoms with Gasteiger partial charge in [-0.3, -0.25) is 9.59 Å². The van der Waals surface area contributed by atoms with Crippen LogP contribution in [0.5, 0.6) is 11.5 Å². The number of anilines is 1. The lowest BCUT2D eigenvalue weighted by Crippen LogP contribution is -2.20. The van der Waals surface area contributed by atoms with E-state index in [1.165, 1.54) is 18.3 Å². The van der Waals surface area contributed by atoms with Crippen molar-refractivity contribution in [1.82, 2.24) is 4.98 Å². The average molecular weight is 396 g/mol. The Morgan fingerprint density at radius 2 is 1.82 bits per heavy atom. The zero-order valence-corrected chi connectivity index (χ0v) is 16.6. The van der Waals surface area contributed by atoms with E-state index in [0.717, 1.165) is 16.3 Å². The summed E-state index contributed by atoms with van der Waals surface area (Å²) < 4.78 is 10.8. The number of Topliss-reactive ketones (excluding diaryl/α,β-unsaturated/α-hetero) is 1. The van der Waals surface area contributed by atoms with Crippen LogP contribution in [0.25, 0.3) is 10.6 Å². The summed E-state index contributed by atoms with van der Waals surface area (Å²) in [7, 11) is 1.55. The van der Waals surface area contributed by atoms with Crippen molar-refractivity contribution in [3.05, 3.63) is 59.1 Å². The first-order chi connectivity index (χ1) is 13.5. The summed E-state index contributed by atoms with van der Waals surface area (Å²) in [6, 6.07) is 14.4. The molecule has 3 aromatic rings. The number of nitrogens with zero attached hydrogens (tertiary/aromatic N) is 1. The van der Waals surface area contributed by atoms with Gasteiger partial charge in [0, 0.05) is 12.5 Å². The lowest BCUT2D eigenvalue weighted by atomic mass is 10.2. The summed E-state index contributed by atoms with van der Waals surface area (Å²) in [4.78, 5) is 28.8. The van der Waals surface area contributed by atoms with Crippen LogP contribution in [0.2, 0.25) is 0 Å². The highest BCUT2D eigenvalue weighted by Crippen LogP contribution is 2.29. The molecule has 3 rings (SSSR count). The Morgan fingerprint density at radius 3 is 2.46 bits per heavy atom. The van der Waals surface area contributed by atoms with Gasteiger partial charge < -0.3 is 14.8 Å². The molecule has 0 saturated heterocycles. The number of aryl methyl sites for hydroxylation is 1. The summed E-state index contributed by atoms with van der Waals surface area (Å²) in [5.74, 6) is 0.889. The van der Waals surface area contributed by atoms with E-state index in [2.05, 4.69) is 10.3 Å². The first-order valence-corrected chi connectivity index (χ1v) is 9.44. The molecule has 7 heteroatoms. The third-order valence-electron chi connectivity index (χ3n) is 3.97. The third-order valence-corrected chi connectivity index (χ3v) is 5.28. The van der Waals surface area contributed by atoms with E-state index in [1.54, 1.807) is 31.4 Å². The normalized spacial score (nSPS) is 10.4. The molecule has 1 aromatic heterocycles. The fraction of sp³-hybridized carbons (Fsp3) is 0.190. The predicted molar refractivity (Wildman–Crippen MR) is 109 cm³/mol. The predicted octanol–water partition coefficient (Wildman–Crippen LogP) is 4.35. The molecule has 1 amide bonds. The van der Waals surface area contributed by atoms with Gasteiger partial charge in [-0.05, 0) is 43.3 Å². The van der Waals surface area contributed by atoms with E-state index in [-0.39, 0.29) is 18.3 Å². The molecule has 144 valence electrons. The number of ether oxygens (including phenoxy) is 2. The zero-order chi connectivity index (χ0) is 20.1. The largest absolute Gasteiger partial charge is 0.495 e. The molecular formula is C21H20N2O4S. The monoisotopic (exact) mass is 396 g/mol. The Kier molecular flexibility index (Phi) is 6.06. The van der Waals surface area contributed by atoms with Crippen molar-refractivity contribution in [2.24, 2.45) is 0 Å². The summed E-state index contributed by atoms with van der Waals surface area (Å²) in [5, 5.41) is 3.54. The van der Waals surface area contributed by atoms with E-state index < -0.39 is 0 Å². The van der Waals surface area contributed by atoms with Crippen LogP contribution in [0.4, 0.5) is 5.69 Å². The van der Waals surface area contributed by atoms with Crippen LogP contribution in [-0.2, 0) is 4.79 Å². The SMILES string of the molecule is COc1ccccc1NC(=O)COc1ccc(-c2nc(C)c(C(C)=O)s2)cc1. The van der Waals surface area contributed by atoms with Crippen LogP contribution < -0.4 is 14.8 Å². The maximum atomic E-state index is 12.1. The van der Waals surface area contributed by atoms with Crippen LogP contribution in [-0.4, -0.2) is 30.4 Å². The summed E-state index contributed by atoms with van der Waals surface area (Å²) in [6.07, 6.45) is 0. The lowest BCUT2D eigenvalue weighted by Gasteiger charge is -2.10. The Bertz CT molecular complexity index is 996. The van der Waals surface area contributed by atoms with Gasteiger partial charge in [-0.15, -0.1) is 11.3 Å². The van der Waals surface area contributed by atoms with Gasteiger partial charge in [0.25, 0.3) is 5.91 Å². The summed E-state index contributed by atoms with van der Waals surface area (Å²) >= 11 is 1.37. The number of hydrogen-bond donors (Lipinski definition) is 1. The van der Waals surface area contributed by atoms with Crippen molar-refractivity contribution in [2.75, 3.05) is 19.0 Å². The van der Waals surface area contributed by atoms with Gasteiger partial charge in [-0.1, -0.05) is 12.1 Å². The van der Waals surface area contributed by atoms with Crippen LogP contribution >= 0.6 is 11.3 Å². The van der Waals surface area contributed by atoms with Crippen LogP contribution in [0.3, 0.4) is 0 Å². The van der Waals surface area contributed by atoms with E-state index >= 15 is 0 Å². The average Bonchev–Trinajstić information content (AvgIpc) is 3.09. The van der Waals surface area contributed by atoms with Gasteiger partial charge in [0.05, 0.1) is 23.4 Å². The highest BCUT2D eigenvalue weighted by atomic mass is 32.1. The molecule has 2 aromatic carbocycles. The number of amides is 1. The quantitative estimate of drug-likeness (QED) is 0.601. The first kappa shape index (κ1) is 19.6. The minimum atomic E-state index is -0.282. The van der Waals surface area contributed by atoms with Crippen molar-refractivity contribution < 1.29 is 19.1 Å². The molecule has 1 heterocycles. The van der Waals surface area contributed by atoms with Gasteiger partial charge >= 0.3 is 0 Å². The molecule has 28 heavy (non-hydrogen) atoms. The molecule has 0 aliphatic carbocycles. The number of nitrogens with one attached hydrogen (secondary N) is 1. The molecule has 0 aliphatic heterocycles. The Morgan fingerprint density at radius 1 is 1.11 bits per heavy atom. The topological polar surface area (TPSA) is 77.5 Å². The maximum absolute atomic E-state index is 12.1. The molecule has 0 unspecified atom stereocenters. The van der Waals surface area contributed by atoms with Crippen molar-refractivity contribution in [3.63, 3.8) is 0 Å². The first-order valence-electron chi connectivity index (χ1n) is 8.62. The van der Waals surface area contributed by atoms with Crippen molar-refractivity contribution >= 4 is 28.7 Å². The number of para-hydroxylation sites is 2. The number of benzene rings is 2. The second kappa shape index (κ2) is 8.67. The molecule has 0 spiro atoms. The minimum Gasteiger partial charge on any atom is -0.495 e. The van der Waals surface area contributed by atoms with E-state index in [1.807, 2.05) is 31.2 Å². The van der Waals surface area contributed by atoms with Gasteiger partial charge in [0.2, 0.25) is 0 Å². The summed E-state index contributed by atoms with van der Waals surface area (Å²) in [5.41, 5.74) is 2.22. The molecular weight excluding hydrogens is 376 g/mol. The smallest absolute Gasteiger partial charge is 0.262 e. The van der Waals surface area contributed by atoms with E-state index in [4.69, 9.17) is 9.47 Å². The highest BCUT2D eigenvalue weighted by molar-refractivity contribution is 7.17. The van der Waals surface area contributed by atoms with Crippen LogP contribution in [0.15, 0.2) is 48.5 Å². The highest BCUT2D eigenvalue weighted by Gasteiger charge is 2.13. The summed E-state index contributed by atoms with van der Waals surface area (Å²) in [6.45, 7) is 3.24. The molecule has 0 atom stereocenters. The fourth-order valence-corrected chi connectivity index (χ4v) is 3.59. The Balaban J connectivity index is 1.61. The minimum absolute atomic E-state index is 0.0160. The standard InChI is InChI=1S/C21H20N2O4S/c1-13-20(14(2)24)28-21(22-13)15-8-10-16(11-9-15)27-12-19(25)23-17-6-4-5-7-18(17)26-3/h4-11H,12H2,1-3H3,(H,23,25). The molecule has 0 saturated carbocycles. The Hall–Kier alpha value is -3.19. The lowest BCUT2D eigenvalue weighted by molar-refractivity contribution is -0.118. The van der Waals surface area contributed by atoms with E-state index in [0.29, 0.717) is 22.1 Å². The second-order valence-electron chi connectivity index (χ2n) is 6.05. The molecule has 0 aliphatic rings. The number of aromatic nitrogens is 1. The van der Waals surface area contributed by atoms with E-state index in [9.17, 15) is 9.59 Å². The second-order valence-corrected chi connectivity index (χ2v) is 7.05. The van der Waals surface area contributed by atoms with Gasteiger partial charge in [0.15, 0.2) is 12.4 Å². The Labute approximate surface area is 167 Å². The number of carbonyl (C=O) groups excluding carboxylic acids is 2. The third kappa shape index (κ3) is 4.55. The number of methoxy groups -OCH3 is 1. The number of carbonyl (C=O) groups is 2. The van der Waals surface area contributed by atoms with Crippen LogP contribution in [0.1, 0.15) is 22.3 Å². The molecule has 1 N–H and O–H groups in total. The number of ketones is 1. The molecule has 0 bridgehead atoms. The fourth-order valence-electron chi connectivity index (χ4n) is 2.62. The maximum Gasteiger partial charge on any atom is 0.262 e. The zero-order valence-electron chi connectivity index (χ0n) is 15.8. The van der Waals surface area contributed by atoms with Gasteiger partial charge in [-0.2, -0.15) is 0 Å². The number of hydrogen-bond acceptors (Lipinski definition) is 6. The van der Waals surface area contributed by atoms with Gasteiger partial charge in [-0.25, -0.2) is 4.98 Å². The van der Waals surface area contributed by atoms with Gasteiger partial charge in [0.1, 0.15) is 16.5 Å². The number of thiazole rings is 1. The molecule has 6 nitrogen and oxygen atoms in total. The van der Waals surface area contributed by atoms with Crippen molar-refractivity contribution in [3.8, 4) is 22.1 Å². The molecule has 0 radical (unpaired) electrons. The van der Waals surface area contributed by atoms with Crippen molar-refractivity contribution in [2.45, 2.75) is 13.8 Å². The number of rotatable bonds is 7.